The molecule has 8 heteroatoms. The summed E-state index contributed by atoms with van der Waals surface area (Å²) < 4.78 is -0.554. The van der Waals surface area contributed by atoms with Crippen LogP contribution < -0.4 is 0 Å². The van der Waals surface area contributed by atoms with Crippen LogP contribution in [0.5, 0.6) is 0 Å². The zero-order chi connectivity index (χ0) is 16.0. The van der Waals surface area contributed by atoms with Crippen molar-refractivity contribution in [3.8, 4) is 24.3 Å². The van der Waals surface area contributed by atoms with Gasteiger partial charge in [-0.1, -0.05) is 63.7 Å². The first kappa shape index (κ1) is 22.2. The predicted octanol–water partition coefficient (Wildman–Crippen LogP) is 4.89. The van der Waals surface area contributed by atoms with Gasteiger partial charge in [-0.25, -0.2) is 0 Å². The summed E-state index contributed by atoms with van der Waals surface area (Å²) in [6.07, 6.45) is 2.02. The number of nitriles is 4. The maximum absolute atomic E-state index is 8.58. The average Bonchev–Trinajstić information content (AvgIpc) is 2.46. The molecule has 0 radical (unpaired) electrons. The number of alkyl halides is 4. The minimum absolute atomic E-state index is 0.00153. The molecule has 0 fully saturated rings. The molecule has 0 aromatic carbocycles. The van der Waals surface area contributed by atoms with Crippen molar-refractivity contribution in [2.45, 2.75) is 33.7 Å². The van der Waals surface area contributed by atoms with Crippen molar-refractivity contribution in [2.75, 3.05) is 5.33 Å². The Labute approximate surface area is 153 Å². The van der Waals surface area contributed by atoms with Gasteiger partial charge in [0.1, 0.15) is 4.32 Å². The molecule has 0 aliphatic carbocycles. The van der Waals surface area contributed by atoms with Crippen LogP contribution in [-0.4, -0.2) is 13.4 Å². The van der Waals surface area contributed by atoms with E-state index in [-0.39, 0.29) is 9.65 Å². The molecule has 0 aromatic rings. The van der Waals surface area contributed by atoms with E-state index in [1.807, 2.05) is 12.1 Å². The van der Waals surface area contributed by atoms with E-state index in [0.29, 0.717) is 31.0 Å². The van der Waals surface area contributed by atoms with Gasteiger partial charge in [0.15, 0.2) is 0 Å². The number of rotatable bonds is 6. The molecule has 0 saturated heterocycles. The van der Waals surface area contributed by atoms with E-state index < -0.39 is 4.32 Å². The van der Waals surface area contributed by atoms with Crippen molar-refractivity contribution in [1.82, 2.24) is 0 Å². The van der Waals surface area contributed by atoms with Crippen LogP contribution in [0.15, 0.2) is 0 Å². The number of hydrogen-bond acceptors (Lipinski definition) is 4. The van der Waals surface area contributed by atoms with Crippen LogP contribution in [0.3, 0.4) is 0 Å². The first-order valence-electron chi connectivity index (χ1n) is 5.48. The highest BCUT2D eigenvalue weighted by atomic mass is 79.9. The molecule has 2 unspecified atom stereocenters. The Morgan fingerprint density at radius 2 is 1.55 bits per heavy atom. The van der Waals surface area contributed by atoms with Crippen LogP contribution in [-0.2, 0) is 0 Å². The summed E-state index contributed by atoms with van der Waals surface area (Å²) in [7, 11) is 0. The van der Waals surface area contributed by atoms with Gasteiger partial charge in [0.05, 0.1) is 33.9 Å². The molecule has 0 rings (SSSR count). The van der Waals surface area contributed by atoms with Crippen molar-refractivity contribution in [3.05, 3.63) is 0 Å². The van der Waals surface area contributed by atoms with E-state index in [4.69, 9.17) is 21.0 Å². The third-order valence-electron chi connectivity index (χ3n) is 2.08. The fourth-order valence-corrected chi connectivity index (χ4v) is 2.24. The third-order valence-corrected chi connectivity index (χ3v) is 5.92. The van der Waals surface area contributed by atoms with E-state index in [9.17, 15) is 0 Å². The largest absolute Gasteiger partial charge is 0.198 e. The van der Waals surface area contributed by atoms with Gasteiger partial charge in [0, 0.05) is 18.2 Å². The molecule has 0 aromatic heterocycles. The number of hydrogen-bond donors (Lipinski definition) is 0. The molecule has 0 bridgehead atoms. The minimum Gasteiger partial charge on any atom is -0.198 e. The zero-order valence-electron chi connectivity index (χ0n) is 10.5. The monoisotopic (exact) mass is 528 g/mol. The van der Waals surface area contributed by atoms with Crippen LogP contribution in [0.25, 0.3) is 0 Å². The fraction of sp³-hybridized carbons (Fsp3) is 0.667. The zero-order valence-corrected chi connectivity index (χ0v) is 16.8. The standard InChI is InChI=1S/2C6H6Br2N2/c7-4-6(8,5-10)2-1-3-9;7-6(8)5(4-10)2-1-3-9/h1-2,4H2;5-6H,1-2H2. The Morgan fingerprint density at radius 1 is 1.00 bits per heavy atom. The summed E-state index contributed by atoms with van der Waals surface area (Å²) in [5.74, 6) is -0.111. The summed E-state index contributed by atoms with van der Waals surface area (Å²) in [5, 5.41) is 34.1. The molecule has 0 heterocycles. The van der Waals surface area contributed by atoms with E-state index in [0.717, 1.165) is 0 Å². The maximum atomic E-state index is 8.58. The second kappa shape index (κ2) is 13.8. The highest BCUT2D eigenvalue weighted by Gasteiger charge is 2.23. The van der Waals surface area contributed by atoms with Gasteiger partial charge < -0.3 is 0 Å². The molecule has 0 N–H and O–H groups in total. The first-order valence-corrected chi connectivity index (χ1v) is 9.23. The highest BCUT2D eigenvalue weighted by Crippen LogP contribution is 2.25. The van der Waals surface area contributed by atoms with Crippen molar-refractivity contribution in [2.24, 2.45) is 5.92 Å². The van der Waals surface area contributed by atoms with Gasteiger partial charge in [-0.05, 0) is 12.8 Å². The van der Waals surface area contributed by atoms with Gasteiger partial charge in [0.25, 0.3) is 0 Å². The Balaban J connectivity index is 0. The maximum Gasteiger partial charge on any atom is 0.123 e. The Bertz CT molecular complexity index is 427. The van der Waals surface area contributed by atoms with Gasteiger partial charge >= 0.3 is 0 Å². The van der Waals surface area contributed by atoms with E-state index in [1.54, 1.807) is 0 Å². The summed E-state index contributed by atoms with van der Waals surface area (Å²) in [4.78, 5) is 0. The molecule has 20 heavy (non-hydrogen) atoms. The fourth-order valence-electron chi connectivity index (χ4n) is 0.874. The van der Waals surface area contributed by atoms with Crippen molar-refractivity contribution in [3.63, 3.8) is 0 Å². The van der Waals surface area contributed by atoms with Crippen LogP contribution >= 0.6 is 63.7 Å². The smallest absolute Gasteiger partial charge is 0.123 e. The van der Waals surface area contributed by atoms with Gasteiger partial charge in [0.2, 0.25) is 0 Å². The van der Waals surface area contributed by atoms with Crippen molar-refractivity contribution in [1.29, 1.82) is 21.0 Å². The SMILES string of the molecule is N#CCCC(Br)(C#N)CBr.N#CCCC(C#N)C(Br)Br. The third kappa shape index (κ3) is 11.7. The lowest BCUT2D eigenvalue weighted by atomic mass is 10.1. The molecule has 4 nitrogen and oxygen atoms in total. The quantitative estimate of drug-likeness (QED) is 0.456. The number of halogens is 4. The van der Waals surface area contributed by atoms with Crippen molar-refractivity contribution >= 4 is 63.7 Å². The predicted molar refractivity (Wildman–Crippen MR) is 91.5 cm³/mol. The van der Waals surface area contributed by atoms with E-state index in [1.165, 1.54) is 0 Å². The van der Waals surface area contributed by atoms with Crippen LogP contribution in [0, 0.1) is 51.2 Å². The first-order chi connectivity index (χ1) is 9.40. The average molecular weight is 532 g/mol. The molecule has 108 valence electrons. The van der Waals surface area contributed by atoms with Crippen LogP contribution in [0.4, 0.5) is 0 Å². The molecule has 0 amide bonds. The van der Waals surface area contributed by atoms with Gasteiger partial charge in [-0.2, -0.15) is 21.0 Å². The summed E-state index contributed by atoms with van der Waals surface area (Å²) >= 11 is 12.8. The topological polar surface area (TPSA) is 95.2 Å². The molecule has 2 atom stereocenters. The van der Waals surface area contributed by atoms with E-state index in [2.05, 4.69) is 75.9 Å². The van der Waals surface area contributed by atoms with Gasteiger partial charge in [-0.3, -0.25) is 0 Å². The van der Waals surface area contributed by atoms with Crippen molar-refractivity contribution < 1.29 is 0 Å². The summed E-state index contributed by atoms with van der Waals surface area (Å²) in [6, 6.07) is 8.16. The lowest BCUT2D eigenvalue weighted by Crippen LogP contribution is -2.19. The van der Waals surface area contributed by atoms with E-state index >= 15 is 0 Å². The van der Waals surface area contributed by atoms with Crippen LogP contribution in [0.2, 0.25) is 0 Å². The summed E-state index contributed by atoms with van der Waals surface area (Å²) in [6.45, 7) is 0. The Morgan fingerprint density at radius 3 is 1.85 bits per heavy atom. The lowest BCUT2D eigenvalue weighted by molar-refractivity contribution is 0.674. The van der Waals surface area contributed by atoms with Gasteiger partial charge in [-0.15, -0.1) is 0 Å². The summed E-state index contributed by atoms with van der Waals surface area (Å²) in [5.41, 5.74) is 0. The second-order valence-corrected chi connectivity index (χ2v) is 8.92. The minimum atomic E-state index is -0.553. The molecule has 0 aliphatic heterocycles. The molecular weight excluding hydrogens is 520 g/mol. The lowest BCUT2D eigenvalue weighted by Gasteiger charge is -2.12. The molecular formula is C12H12Br4N4. The number of nitrogens with zero attached hydrogens (tertiary/aromatic N) is 4. The second-order valence-electron chi connectivity index (χ2n) is 3.64. The molecule has 0 saturated carbocycles. The highest BCUT2D eigenvalue weighted by molar-refractivity contribution is 9.24. The van der Waals surface area contributed by atoms with Crippen LogP contribution in [0.1, 0.15) is 25.7 Å². The normalized spacial score (nSPS) is 13.4. The molecule has 0 spiro atoms. The Kier molecular flexibility index (Phi) is 15.3. The Hall–Kier alpha value is -0.120. The molecule has 0 aliphatic rings.